The number of aliphatic hydroxyl groups is 1. The highest BCUT2D eigenvalue weighted by Crippen LogP contribution is 2.52. The molecule has 0 aromatic carbocycles. The van der Waals surface area contributed by atoms with Gasteiger partial charge in [-0.3, -0.25) is 4.90 Å². The summed E-state index contributed by atoms with van der Waals surface area (Å²) in [6, 6.07) is 0. The van der Waals surface area contributed by atoms with Gasteiger partial charge in [0.1, 0.15) is 11.8 Å². The van der Waals surface area contributed by atoms with Gasteiger partial charge in [0.15, 0.2) is 0 Å². The number of hydrogen-bond donors (Lipinski definition) is 1. The van der Waals surface area contributed by atoms with E-state index in [0.717, 1.165) is 12.8 Å². The third-order valence-electron chi connectivity index (χ3n) is 3.31. The molecule has 1 aliphatic heterocycles. The van der Waals surface area contributed by atoms with Crippen LogP contribution in [0.2, 0.25) is 0 Å². The van der Waals surface area contributed by atoms with Gasteiger partial charge in [-0.2, -0.15) is 0 Å². The lowest BCUT2D eigenvalue weighted by atomic mass is 9.62. The van der Waals surface area contributed by atoms with Crippen molar-refractivity contribution in [3.8, 4) is 0 Å². The van der Waals surface area contributed by atoms with E-state index in [2.05, 4.69) is 0 Å². The van der Waals surface area contributed by atoms with E-state index in [1.807, 2.05) is 20.8 Å². The second-order valence-electron chi connectivity index (χ2n) is 5.70. The molecule has 1 amide bonds. The molecule has 1 unspecified atom stereocenters. The van der Waals surface area contributed by atoms with E-state index >= 15 is 0 Å². The quantitative estimate of drug-likeness (QED) is 0.666. The van der Waals surface area contributed by atoms with Gasteiger partial charge in [-0.25, -0.2) is 4.79 Å². The van der Waals surface area contributed by atoms with Crippen molar-refractivity contribution in [2.45, 2.75) is 51.9 Å². The molecule has 1 spiro atoms. The minimum absolute atomic E-state index is 0.0108. The maximum atomic E-state index is 11.6. The molecule has 1 N–H and O–H groups in total. The fourth-order valence-electron chi connectivity index (χ4n) is 2.26. The molecular weight excluding hydrogens is 194 g/mol. The van der Waals surface area contributed by atoms with E-state index in [-0.39, 0.29) is 5.41 Å². The van der Waals surface area contributed by atoms with E-state index < -0.39 is 17.9 Å². The normalized spacial score (nSPS) is 28.3. The topological polar surface area (TPSA) is 49.8 Å². The van der Waals surface area contributed by atoms with Crippen LogP contribution in [-0.2, 0) is 4.74 Å². The summed E-state index contributed by atoms with van der Waals surface area (Å²) >= 11 is 0. The standard InChI is InChI=1S/C11H19NO3/c1-10(2,3)15-9(14)12-7-11(8(12)13)5-4-6-11/h8,13H,4-7H2,1-3H3. The summed E-state index contributed by atoms with van der Waals surface area (Å²) in [5.41, 5.74) is -0.476. The fraction of sp³-hybridized carbons (Fsp3) is 0.909. The Hall–Kier alpha value is -0.770. The zero-order valence-corrected chi connectivity index (χ0v) is 9.62. The monoisotopic (exact) mass is 213 g/mol. The number of amides is 1. The first-order chi connectivity index (χ1) is 6.84. The lowest BCUT2D eigenvalue weighted by Gasteiger charge is -2.59. The van der Waals surface area contributed by atoms with Crippen LogP contribution in [0.4, 0.5) is 4.79 Å². The van der Waals surface area contributed by atoms with Crippen LogP contribution in [0.25, 0.3) is 0 Å². The van der Waals surface area contributed by atoms with Gasteiger partial charge in [0.2, 0.25) is 0 Å². The number of rotatable bonds is 0. The van der Waals surface area contributed by atoms with Crippen molar-refractivity contribution in [1.82, 2.24) is 4.90 Å². The first-order valence-corrected chi connectivity index (χ1v) is 5.52. The predicted octanol–water partition coefficient (Wildman–Crippen LogP) is 1.73. The highest BCUT2D eigenvalue weighted by Gasteiger charge is 2.57. The van der Waals surface area contributed by atoms with Crippen molar-refractivity contribution in [2.75, 3.05) is 6.54 Å². The van der Waals surface area contributed by atoms with Gasteiger partial charge < -0.3 is 9.84 Å². The van der Waals surface area contributed by atoms with Gasteiger partial charge in [0.05, 0.1) is 0 Å². The zero-order valence-electron chi connectivity index (χ0n) is 9.62. The second kappa shape index (κ2) is 3.11. The van der Waals surface area contributed by atoms with Crippen LogP contribution in [0.1, 0.15) is 40.0 Å². The predicted molar refractivity (Wildman–Crippen MR) is 55.2 cm³/mol. The molecule has 1 saturated carbocycles. The summed E-state index contributed by atoms with van der Waals surface area (Å²) in [5, 5.41) is 9.87. The molecule has 1 heterocycles. The lowest BCUT2D eigenvalue weighted by Crippen LogP contribution is -2.69. The summed E-state index contributed by atoms with van der Waals surface area (Å²) < 4.78 is 5.20. The van der Waals surface area contributed by atoms with Gasteiger partial charge in [0.25, 0.3) is 0 Å². The first kappa shape index (κ1) is 10.7. The Bertz CT molecular complexity index is 278. The molecule has 0 bridgehead atoms. The second-order valence-corrected chi connectivity index (χ2v) is 5.70. The smallest absolute Gasteiger partial charge is 0.412 e. The molecule has 1 saturated heterocycles. The molecule has 4 heteroatoms. The summed E-state index contributed by atoms with van der Waals surface area (Å²) in [5.74, 6) is 0. The Kier molecular flexibility index (Phi) is 2.23. The van der Waals surface area contributed by atoms with E-state index in [1.54, 1.807) is 0 Å². The fourth-order valence-corrected chi connectivity index (χ4v) is 2.26. The van der Waals surface area contributed by atoms with Crippen molar-refractivity contribution in [2.24, 2.45) is 5.41 Å². The zero-order chi connectivity index (χ0) is 11.3. The number of carbonyl (C=O) groups excluding carboxylic acids is 1. The average molecular weight is 213 g/mol. The minimum Gasteiger partial charge on any atom is -0.444 e. The van der Waals surface area contributed by atoms with Crippen molar-refractivity contribution in [1.29, 1.82) is 0 Å². The molecule has 0 aromatic heterocycles. The molecular formula is C11H19NO3. The Morgan fingerprint density at radius 3 is 2.40 bits per heavy atom. The van der Waals surface area contributed by atoms with Gasteiger partial charge in [-0.05, 0) is 33.6 Å². The van der Waals surface area contributed by atoms with Gasteiger partial charge >= 0.3 is 6.09 Å². The third-order valence-corrected chi connectivity index (χ3v) is 3.31. The van der Waals surface area contributed by atoms with Gasteiger partial charge in [0, 0.05) is 12.0 Å². The maximum absolute atomic E-state index is 11.6. The van der Waals surface area contributed by atoms with Crippen LogP contribution in [-0.4, -0.2) is 34.5 Å². The van der Waals surface area contributed by atoms with Crippen molar-refractivity contribution in [3.63, 3.8) is 0 Å². The molecule has 2 fully saturated rings. The van der Waals surface area contributed by atoms with Crippen LogP contribution in [0.5, 0.6) is 0 Å². The molecule has 15 heavy (non-hydrogen) atoms. The van der Waals surface area contributed by atoms with Crippen LogP contribution >= 0.6 is 0 Å². The summed E-state index contributed by atoms with van der Waals surface area (Å²) in [6.45, 7) is 6.14. The Balaban J connectivity index is 1.89. The number of hydrogen-bond acceptors (Lipinski definition) is 3. The van der Waals surface area contributed by atoms with Crippen molar-refractivity contribution >= 4 is 6.09 Å². The highest BCUT2D eigenvalue weighted by molar-refractivity contribution is 5.70. The minimum atomic E-state index is -0.624. The first-order valence-electron chi connectivity index (χ1n) is 5.52. The molecule has 86 valence electrons. The molecule has 4 nitrogen and oxygen atoms in total. The van der Waals surface area contributed by atoms with E-state index in [1.165, 1.54) is 11.3 Å². The van der Waals surface area contributed by atoms with Crippen molar-refractivity contribution in [3.05, 3.63) is 0 Å². The Morgan fingerprint density at radius 1 is 1.47 bits per heavy atom. The SMILES string of the molecule is CC(C)(C)OC(=O)N1CC2(CCC2)C1O. The van der Waals surface area contributed by atoms with Crippen molar-refractivity contribution < 1.29 is 14.6 Å². The Labute approximate surface area is 90.2 Å². The molecule has 2 rings (SSSR count). The van der Waals surface area contributed by atoms with Crippen LogP contribution in [0.15, 0.2) is 0 Å². The lowest BCUT2D eigenvalue weighted by molar-refractivity contribution is -0.213. The molecule has 2 aliphatic rings. The highest BCUT2D eigenvalue weighted by atomic mass is 16.6. The number of ether oxygens (including phenoxy) is 1. The Morgan fingerprint density at radius 2 is 2.07 bits per heavy atom. The maximum Gasteiger partial charge on any atom is 0.412 e. The van der Waals surface area contributed by atoms with E-state index in [4.69, 9.17) is 4.74 Å². The van der Waals surface area contributed by atoms with Gasteiger partial charge in [-0.15, -0.1) is 0 Å². The third kappa shape index (κ3) is 1.71. The van der Waals surface area contributed by atoms with Crippen LogP contribution in [0, 0.1) is 5.41 Å². The summed E-state index contributed by atoms with van der Waals surface area (Å²) in [6.07, 6.45) is 2.22. The number of nitrogens with zero attached hydrogens (tertiary/aromatic N) is 1. The molecule has 1 atom stereocenters. The number of aliphatic hydroxyl groups excluding tert-OH is 1. The largest absolute Gasteiger partial charge is 0.444 e. The summed E-state index contributed by atoms with van der Waals surface area (Å²) in [4.78, 5) is 13.0. The molecule has 1 aliphatic carbocycles. The molecule has 0 aromatic rings. The summed E-state index contributed by atoms with van der Waals surface area (Å²) in [7, 11) is 0. The number of carbonyl (C=O) groups is 1. The van der Waals surface area contributed by atoms with E-state index in [9.17, 15) is 9.90 Å². The average Bonchev–Trinajstić information content (AvgIpc) is 1.95. The number of likely N-dealkylation sites (tertiary alicyclic amines) is 1. The van der Waals surface area contributed by atoms with Crippen LogP contribution in [0.3, 0.4) is 0 Å². The molecule has 0 radical (unpaired) electrons. The van der Waals surface area contributed by atoms with E-state index in [0.29, 0.717) is 6.54 Å². The van der Waals surface area contributed by atoms with Gasteiger partial charge in [-0.1, -0.05) is 6.42 Å². The van der Waals surface area contributed by atoms with Crippen LogP contribution < -0.4 is 0 Å².